The summed E-state index contributed by atoms with van der Waals surface area (Å²) in [6.07, 6.45) is -0.659. The second kappa shape index (κ2) is 8.46. The van der Waals surface area contributed by atoms with Crippen molar-refractivity contribution in [2.45, 2.75) is 22.4 Å². The molecule has 12 nitrogen and oxygen atoms in total. The van der Waals surface area contributed by atoms with Crippen LogP contribution in [0.3, 0.4) is 0 Å². The number of aromatic nitrogens is 2. The van der Waals surface area contributed by atoms with Gasteiger partial charge in [-0.3, -0.25) is 14.2 Å². The summed E-state index contributed by atoms with van der Waals surface area (Å²) in [5.41, 5.74) is 0. The van der Waals surface area contributed by atoms with Crippen LogP contribution in [0.25, 0.3) is 0 Å². The Morgan fingerprint density at radius 1 is 1.30 bits per heavy atom. The zero-order valence-corrected chi connectivity index (χ0v) is 14.5. The maximum Gasteiger partial charge on any atom is 0.415 e. The first kappa shape index (κ1) is 20.1. The topological polar surface area (TPSA) is 183 Å². The molecular formula is C14H15N3O9S. The monoisotopic (exact) mass is 401 g/mol. The van der Waals surface area contributed by atoms with Crippen molar-refractivity contribution in [1.29, 1.82) is 0 Å². The first-order valence-corrected chi connectivity index (χ1v) is 8.92. The zero-order chi connectivity index (χ0) is 20.0. The molecule has 0 amide bonds. The smallest absolute Gasteiger partial charge is 0.415 e. The molecule has 3 N–H and O–H groups in total. The SMILES string of the molecule is O=C(O)C[C@H](NCCOc1no[n+]([O-])c1S(=O)(=O)c1ccccc1)C(=O)O. The van der Waals surface area contributed by atoms with E-state index in [0.717, 1.165) is 0 Å². The Morgan fingerprint density at radius 3 is 2.56 bits per heavy atom. The summed E-state index contributed by atoms with van der Waals surface area (Å²) in [5.74, 6) is -3.28. The number of carboxylic acids is 2. The van der Waals surface area contributed by atoms with Crippen LogP contribution in [-0.4, -0.2) is 54.9 Å². The van der Waals surface area contributed by atoms with Crippen LogP contribution >= 0.6 is 0 Å². The van der Waals surface area contributed by atoms with Gasteiger partial charge < -0.3 is 25.5 Å². The molecule has 1 aromatic heterocycles. The highest BCUT2D eigenvalue weighted by Gasteiger charge is 2.35. The molecule has 0 unspecified atom stereocenters. The number of carbonyl (C=O) groups is 2. The van der Waals surface area contributed by atoms with Gasteiger partial charge in [0.2, 0.25) is 0 Å². The van der Waals surface area contributed by atoms with Gasteiger partial charge in [-0.1, -0.05) is 18.2 Å². The number of carboxylic acid groups (broad SMARTS) is 2. The van der Waals surface area contributed by atoms with Gasteiger partial charge in [-0.2, -0.15) is 0 Å². The van der Waals surface area contributed by atoms with Crippen molar-refractivity contribution in [2.24, 2.45) is 0 Å². The van der Waals surface area contributed by atoms with E-state index < -0.39 is 45.1 Å². The van der Waals surface area contributed by atoms with Crippen LogP contribution in [0, 0.1) is 5.21 Å². The largest absolute Gasteiger partial charge is 0.481 e. The van der Waals surface area contributed by atoms with E-state index in [-0.39, 0.29) is 23.0 Å². The van der Waals surface area contributed by atoms with E-state index in [2.05, 4.69) is 15.1 Å². The third-order valence-corrected chi connectivity index (χ3v) is 4.99. The maximum atomic E-state index is 12.5. The van der Waals surface area contributed by atoms with Crippen LogP contribution in [0.15, 0.2) is 44.9 Å². The van der Waals surface area contributed by atoms with Gasteiger partial charge in [-0.15, -0.1) is 0 Å². The molecule has 0 aliphatic heterocycles. The molecular weight excluding hydrogens is 386 g/mol. The standard InChI is InChI=1S/C14H15N3O9S/c18-11(19)8-10(14(20)21)15-6-7-25-12-13(17(22)26-16-12)27(23,24)9-4-2-1-3-5-9/h1-5,10,15H,6-8H2,(H,18,19)(H,20,21)/t10-/m0/s1. The number of benzene rings is 1. The summed E-state index contributed by atoms with van der Waals surface area (Å²) in [6.45, 7) is -0.450. The van der Waals surface area contributed by atoms with Crippen molar-refractivity contribution in [3.63, 3.8) is 0 Å². The number of ether oxygens (including phenoxy) is 1. The highest BCUT2D eigenvalue weighted by molar-refractivity contribution is 7.91. The van der Waals surface area contributed by atoms with Crippen molar-refractivity contribution in [3.05, 3.63) is 35.5 Å². The van der Waals surface area contributed by atoms with Crippen LogP contribution < -0.4 is 15.0 Å². The Kier molecular flexibility index (Phi) is 6.31. The van der Waals surface area contributed by atoms with Gasteiger partial charge in [-0.05, 0) is 17.0 Å². The Morgan fingerprint density at radius 2 is 1.96 bits per heavy atom. The fourth-order valence-electron chi connectivity index (χ4n) is 2.04. The lowest BCUT2D eigenvalue weighted by Gasteiger charge is -2.11. The highest BCUT2D eigenvalue weighted by Crippen LogP contribution is 2.24. The normalized spacial score (nSPS) is 12.4. The molecule has 2 rings (SSSR count). The Labute approximate surface area is 152 Å². The number of rotatable bonds is 10. The fourth-order valence-corrected chi connectivity index (χ4v) is 3.34. The summed E-state index contributed by atoms with van der Waals surface area (Å²) in [4.78, 5) is 21.0. The van der Waals surface area contributed by atoms with Crippen LogP contribution in [0.4, 0.5) is 0 Å². The summed E-state index contributed by atoms with van der Waals surface area (Å²) >= 11 is 0. The van der Waals surface area contributed by atoms with Crippen molar-refractivity contribution in [3.8, 4) is 5.88 Å². The average molecular weight is 401 g/mol. The van der Waals surface area contributed by atoms with Crippen molar-refractivity contribution in [1.82, 2.24) is 10.5 Å². The Bertz CT molecular complexity index is 911. The molecule has 2 aromatic rings. The molecule has 0 fully saturated rings. The van der Waals surface area contributed by atoms with E-state index in [9.17, 15) is 23.2 Å². The highest BCUT2D eigenvalue weighted by atomic mass is 32.2. The molecule has 13 heteroatoms. The molecule has 0 aliphatic rings. The lowest BCUT2D eigenvalue weighted by atomic mass is 10.2. The number of hydrogen-bond donors (Lipinski definition) is 3. The predicted molar refractivity (Wildman–Crippen MR) is 84.5 cm³/mol. The lowest BCUT2D eigenvalue weighted by molar-refractivity contribution is -0.832. The average Bonchev–Trinajstić information content (AvgIpc) is 2.99. The van der Waals surface area contributed by atoms with Gasteiger partial charge in [0.05, 0.1) is 16.5 Å². The predicted octanol–water partition coefficient (Wildman–Crippen LogP) is -0.963. The molecule has 0 spiro atoms. The van der Waals surface area contributed by atoms with Crippen LogP contribution in [0.1, 0.15) is 6.42 Å². The third-order valence-electron chi connectivity index (χ3n) is 3.26. The van der Waals surface area contributed by atoms with Crippen molar-refractivity contribution in [2.75, 3.05) is 13.2 Å². The van der Waals surface area contributed by atoms with Crippen molar-refractivity contribution >= 4 is 21.8 Å². The summed E-state index contributed by atoms with van der Waals surface area (Å²) in [6, 6.07) is 5.72. The second-order valence-corrected chi connectivity index (χ2v) is 7.01. The fraction of sp³-hybridized carbons (Fsp3) is 0.286. The summed E-state index contributed by atoms with van der Waals surface area (Å²) < 4.78 is 34.4. The maximum absolute atomic E-state index is 12.5. The molecule has 0 bridgehead atoms. The van der Waals surface area contributed by atoms with Crippen LogP contribution in [0.5, 0.6) is 5.88 Å². The minimum absolute atomic E-state index is 0.152. The quantitative estimate of drug-likeness (QED) is 0.329. The number of nitrogens with one attached hydrogen (secondary N) is 1. The van der Waals surface area contributed by atoms with Crippen molar-refractivity contribution < 1.29 is 42.5 Å². The molecule has 1 atom stereocenters. The van der Waals surface area contributed by atoms with Gasteiger partial charge in [-0.25, -0.2) is 8.42 Å². The lowest BCUT2D eigenvalue weighted by Crippen LogP contribution is -2.40. The van der Waals surface area contributed by atoms with Gasteiger partial charge >= 0.3 is 22.8 Å². The zero-order valence-electron chi connectivity index (χ0n) is 13.6. The number of sulfone groups is 1. The molecule has 146 valence electrons. The van der Waals surface area contributed by atoms with E-state index in [1.54, 1.807) is 6.07 Å². The minimum Gasteiger partial charge on any atom is -0.481 e. The second-order valence-electron chi connectivity index (χ2n) is 5.15. The van der Waals surface area contributed by atoms with E-state index >= 15 is 0 Å². The van der Waals surface area contributed by atoms with Gasteiger partial charge in [0.25, 0.3) is 9.84 Å². The van der Waals surface area contributed by atoms with Gasteiger partial charge in [0, 0.05) is 6.54 Å². The van der Waals surface area contributed by atoms with E-state index in [4.69, 9.17) is 14.9 Å². The summed E-state index contributed by atoms with van der Waals surface area (Å²) in [7, 11) is -4.26. The molecule has 0 radical (unpaired) electrons. The number of hydrogen-bond acceptors (Lipinski definition) is 9. The van der Waals surface area contributed by atoms with Gasteiger partial charge in [0.15, 0.2) is 0 Å². The third kappa shape index (κ3) is 4.92. The Hall–Kier alpha value is -3.19. The Balaban J connectivity index is 2.07. The molecule has 0 saturated heterocycles. The van der Waals surface area contributed by atoms with E-state index in [1.807, 2.05) is 0 Å². The van der Waals surface area contributed by atoms with E-state index in [0.29, 0.717) is 0 Å². The van der Waals surface area contributed by atoms with Gasteiger partial charge in [0.1, 0.15) is 12.6 Å². The molecule has 1 aromatic carbocycles. The number of aliphatic carboxylic acids is 2. The molecule has 0 aliphatic carbocycles. The molecule has 0 saturated carbocycles. The minimum atomic E-state index is -4.26. The van der Waals surface area contributed by atoms with E-state index in [1.165, 1.54) is 24.3 Å². The van der Waals surface area contributed by atoms with Crippen LogP contribution in [0.2, 0.25) is 0 Å². The first-order chi connectivity index (χ1) is 12.7. The number of nitrogens with zero attached hydrogens (tertiary/aromatic N) is 2. The first-order valence-electron chi connectivity index (χ1n) is 7.44. The summed E-state index contributed by atoms with van der Waals surface area (Å²) in [5, 5.41) is 34.0. The van der Waals surface area contributed by atoms with Crippen LogP contribution in [-0.2, 0) is 19.4 Å². The molecule has 1 heterocycles. The molecule has 27 heavy (non-hydrogen) atoms.